The van der Waals surface area contributed by atoms with E-state index >= 15 is 0 Å². The van der Waals surface area contributed by atoms with Gasteiger partial charge >= 0.3 is 5.97 Å². The normalized spacial score (nSPS) is 9.81. The van der Waals surface area contributed by atoms with E-state index in [1.165, 1.54) is 0 Å². The number of hydrogen-bond acceptors (Lipinski definition) is 4. The van der Waals surface area contributed by atoms with Gasteiger partial charge in [-0.25, -0.2) is 4.39 Å². The largest absolute Gasteiger partial charge is 0.481 e. The van der Waals surface area contributed by atoms with Crippen molar-refractivity contribution in [1.29, 1.82) is 0 Å². The number of nitro benzene ring substituents is 1. The van der Waals surface area contributed by atoms with Gasteiger partial charge in [0.15, 0.2) is 0 Å². The summed E-state index contributed by atoms with van der Waals surface area (Å²) in [4.78, 5) is 20.1. The Balaban J connectivity index is 2.80. The van der Waals surface area contributed by atoms with Gasteiger partial charge in [0.05, 0.1) is 11.3 Å². The summed E-state index contributed by atoms with van der Waals surface area (Å²) < 4.78 is 12.8. The molecule has 0 unspecified atom stereocenters. The summed E-state index contributed by atoms with van der Waals surface area (Å²) >= 11 is 0. The molecule has 0 saturated heterocycles. The van der Waals surface area contributed by atoms with Crippen molar-refractivity contribution in [3.63, 3.8) is 0 Å². The number of nitro groups is 1. The number of carboxylic acid groups (broad SMARTS) is 1. The van der Waals surface area contributed by atoms with Crippen molar-refractivity contribution in [2.45, 2.75) is 6.42 Å². The van der Waals surface area contributed by atoms with Crippen molar-refractivity contribution in [3.8, 4) is 0 Å². The van der Waals surface area contributed by atoms with Crippen LogP contribution in [0.4, 0.5) is 15.8 Å². The molecule has 2 N–H and O–H groups in total. The number of halogens is 1. The Kier molecular flexibility index (Phi) is 3.76. The van der Waals surface area contributed by atoms with Crippen LogP contribution < -0.4 is 5.32 Å². The monoisotopic (exact) mass is 228 g/mol. The van der Waals surface area contributed by atoms with E-state index in [9.17, 15) is 19.3 Å². The number of nitrogens with one attached hydrogen (secondary N) is 1. The topological polar surface area (TPSA) is 92.5 Å². The molecule has 0 bridgehead atoms. The van der Waals surface area contributed by atoms with Crippen molar-refractivity contribution in [2.75, 3.05) is 11.9 Å². The van der Waals surface area contributed by atoms with E-state index in [1.807, 2.05) is 0 Å². The van der Waals surface area contributed by atoms with Crippen LogP contribution in [-0.4, -0.2) is 22.5 Å². The molecule has 0 aliphatic rings. The summed E-state index contributed by atoms with van der Waals surface area (Å²) in [5, 5.41) is 21.4. The van der Waals surface area contributed by atoms with Gasteiger partial charge in [0, 0.05) is 18.7 Å². The Morgan fingerprint density at radius 2 is 2.25 bits per heavy atom. The standard InChI is InChI=1S/C9H9FN2O4/c10-6-1-2-8(12(15)16)7(5-6)11-4-3-9(13)14/h1-2,5,11H,3-4H2,(H,13,14). The molecule has 0 spiro atoms. The minimum absolute atomic E-state index is 0.000370. The van der Waals surface area contributed by atoms with Crippen LogP contribution in [0.3, 0.4) is 0 Å². The van der Waals surface area contributed by atoms with Gasteiger partial charge in [-0.05, 0) is 6.07 Å². The van der Waals surface area contributed by atoms with Crippen molar-refractivity contribution < 1.29 is 19.2 Å². The molecule has 0 aliphatic heterocycles. The molecule has 0 aliphatic carbocycles. The zero-order chi connectivity index (χ0) is 12.1. The number of hydrogen-bond donors (Lipinski definition) is 2. The minimum atomic E-state index is -1.04. The van der Waals surface area contributed by atoms with Crippen molar-refractivity contribution in [2.24, 2.45) is 0 Å². The van der Waals surface area contributed by atoms with Gasteiger partial charge in [-0.15, -0.1) is 0 Å². The molecule has 0 atom stereocenters. The maximum Gasteiger partial charge on any atom is 0.305 e. The van der Waals surface area contributed by atoms with Crippen molar-refractivity contribution >= 4 is 17.3 Å². The van der Waals surface area contributed by atoms with Gasteiger partial charge < -0.3 is 10.4 Å². The highest BCUT2D eigenvalue weighted by molar-refractivity contribution is 5.68. The molecule has 1 aromatic rings. The Labute approximate surface area is 89.9 Å². The smallest absolute Gasteiger partial charge is 0.305 e. The van der Waals surface area contributed by atoms with Gasteiger partial charge in [-0.1, -0.05) is 0 Å². The van der Waals surface area contributed by atoms with Crippen LogP contribution in [0.25, 0.3) is 0 Å². The zero-order valence-corrected chi connectivity index (χ0v) is 8.14. The number of carbonyl (C=O) groups is 1. The maximum absolute atomic E-state index is 12.8. The molecular weight excluding hydrogens is 219 g/mol. The van der Waals surface area contributed by atoms with Crippen LogP contribution in [0.2, 0.25) is 0 Å². The Morgan fingerprint density at radius 3 is 2.81 bits per heavy atom. The second-order valence-electron chi connectivity index (χ2n) is 2.99. The van der Waals surface area contributed by atoms with Gasteiger partial charge in [-0.3, -0.25) is 14.9 Å². The molecule has 7 heteroatoms. The Morgan fingerprint density at radius 1 is 1.56 bits per heavy atom. The highest BCUT2D eigenvalue weighted by Crippen LogP contribution is 2.24. The molecule has 6 nitrogen and oxygen atoms in total. The van der Waals surface area contributed by atoms with E-state index in [0.29, 0.717) is 0 Å². The molecule has 86 valence electrons. The summed E-state index contributed by atoms with van der Waals surface area (Å²) in [6.07, 6.45) is -0.201. The number of anilines is 1. The number of nitrogens with zero attached hydrogens (tertiary/aromatic N) is 1. The third-order valence-electron chi connectivity index (χ3n) is 1.81. The molecule has 0 aromatic heterocycles. The number of carboxylic acids is 1. The summed E-state index contributed by atoms with van der Waals surface area (Å²) in [5.74, 6) is -1.66. The number of aliphatic carboxylic acids is 1. The SMILES string of the molecule is O=C(O)CCNc1cc(F)ccc1[N+](=O)[O-]. The average molecular weight is 228 g/mol. The lowest BCUT2D eigenvalue weighted by Crippen LogP contribution is -2.09. The van der Waals surface area contributed by atoms with E-state index in [4.69, 9.17) is 5.11 Å². The van der Waals surface area contributed by atoms with Crippen molar-refractivity contribution in [3.05, 3.63) is 34.1 Å². The predicted octanol–water partition coefficient (Wildman–Crippen LogP) is 1.62. The molecule has 16 heavy (non-hydrogen) atoms. The zero-order valence-electron chi connectivity index (χ0n) is 8.14. The lowest BCUT2D eigenvalue weighted by atomic mass is 10.2. The van der Waals surface area contributed by atoms with Crippen LogP contribution in [0.1, 0.15) is 6.42 Å². The third kappa shape index (κ3) is 3.19. The first-order chi connectivity index (χ1) is 7.50. The molecule has 1 aromatic carbocycles. The van der Waals surface area contributed by atoms with Gasteiger partial charge in [0.1, 0.15) is 11.5 Å². The van der Waals surface area contributed by atoms with Crippen LogP contribution in [0.5, 0.6) is 0 Å². The van der Waals surface area contributed by atoms with Crippen LogP contribution in [-0.2, 0) is 4.79 Å². The molecule has 0 amide bonds. The molecular formula is C9H9FN2O4. The van der Waals surface area contributed by atoms with Gasteiger partial charge in [0.2, 0.25) is 0 Å². The van der Waals surface area contributed by atoms with Gasteiger partial charge in [-0.2, -0.15) is 0 Å². The summed E-state index contributed by atoms with van der Waals surface area (Å²) in [7, 11) is 0. The average Bonchev–Trinajstić information content (AvgIpc) is 2.16. The van der Waals surface area contributed by atoms with Crippen LogP contribution in [0, 0.1) is 15.9 Å². The fraction of sp³-hybridized carbons (Fsp3) is 0.222. The van der Waals surface area contributed by atoms with Crippen LogP contribution in [0.15, 0.2) is 18.2 Å². The Bertz CT molecular complexity index is 422. The second kappa shape index (κ2) is 5.06. The molecule has 1 rings (SSSR count). The fourth-order valence-electron chi connectivity index (χ4n) is 1.11. The van der Waals surface area contributed by atoms with E-state index in [2.05, 4.69) is 5.32 Å². The Hall–Kier alpha value is -2.18. The fourth-order valence-corrected chi connectivity index (χ4v) is 1.11. The first kappa shape index (κ1) is 11.9. The summed E-state index contributed by atoms with van der Waals surface area (Å²) in [6.45, 7) is -0.000370. The molecule has 0 radical (unpaired) electrons. The van der Waals surface area contributed by atoms with Crippen LogP contribution >= 0.6 is 0 Å². The molecule has 0 fully saturated rings. The number of benzene rings is 1. The van der Waals surface area contributed by atoms with E-state index in [1.54, 1.807) is 0 Å². The highest BCUT2D eigenvalue weighted by Gasteiger charge is 2.13. The van der Waals surface area contributed by atoms with Gasteiger partial charge in [0.25, 0.3) is 5.69 Å². The van der Waals surface area contributed by atoms with E-state index < -0.39 is 16.7 Å². The summed E-state index contributed by atoms with van der Waals surface area (Å²) in [6, 6.07) is 2.96. The minimum Gasteiger partial charge on any atom is -0.481 e. The first-order valence-electron chi connectivity index (χ1n) is 4.40. The molecule has 0 saturated carbocycles. The predicted molar refractivity (Wildman–Crippen MR) is 53.8 cm³/mol. The lowest BCUT2D eigenvalue weighted by Gasteiger charge is -2.05. The number of rotatable bonds is 5. The maximum atomic E-state index is 12.8. The first-order valence-corrected chi connectivity index (χ1v) is 4.40. The quantitative estimate of drug-likeness (QED) is 0.590. The summed E-state index contributed by atoms with van der Waals surface area (Å²) in [5.41, 5.74) is -0.307. The van der Waals surface area contributed by atoms with E-state index in [-0.39, 0.29) is 24.3 Å². The van der Waals surface area contributed by atoms with E-state index in [0.717, 1.165) is 18.2 Å². The highest BCUT2D eigenvalue weighted by atomic mass is 19.1. The molecule has 0 heterocycles. The lowest BCUT2D eigenvalue weighted by molar-refractivity contribution is -0.384. The third-order valence-corrected chi connectivity index (χ3v) is 1.81. The van der Waals surface area contributed by atoms with Crippen molar-refractivity contribution in [1.82, 2.24) is 0 Å². The second-order valence-corrected chi connectivity index (χ2v) is 2.99.